The normalized spacial score (nSPS) is 18.9. The summed E-state index contributed by atoms with van der Waals surface area (Å²) in [4.78, 5) is 0. The van der Waals surface area contributed by atoms with Gasteiger partial charge in [0.2, 0.25) is 5.90 Å². The van der Waals surface area contributed by atoms with Gasteiger partial charge in [-0.15, -0.1) is 5.10 Å². The van der Waals surface area contributed by atoms with E-state index in [2.05, 4.69) is 31.1 Å². The number of hydrazone groups is 1. The number of anilines is 1. The molecule has 2 rings (SSSR count). The first kappa shape index (κ1) is 10.0. The van der Waals surface area contributed by atoms with Gasteiger partial charge in [0, 0.05) is 0 Å². The highest BCUT2D eigenvalue weighted by molar-refractivity contribution is 5.86. The van der Waals surface area contributed by atoms with Crippen molar-refractivity contribution in [3.05, 3.63) is 30.3 Å². The first-order valence-corrected chi connectivity index (χ1v) is 5.09. The third-order valence-corrected chi connectivity index (χ3v) is 2.58. The fraction of sp³-hybridized carbons (Fsp3) is 0.417. The van der Waals surface area contributed by atoms with Crippen molar-refractivity contribution in [3.63, 3.8) is 0 Å². The smallest absolute Gasteiger partial charge is 0.213 e. The molecule has 1 aliphatic rings. The molecule has 0 saturated heterocycles. The molecular formula is C12H16N2O. The molecule has 1 aliphatic heterocycles. The summed E-state index contributed by atoms with van der Waals surface area (Å²) in [7, 11) is 1.68. The Bertz CT molecular complexity index is 370. The van der Waals surface area contributed by atoms with E-state index in [0.717, 1.165) is 18.1 Å². The minimum absolute atomic E-state index is 0.00933. The molecule has 3 heteroatoms. The van der Waals surface area contributed by atoms with Gasteiger partial charge in [0.25, 0.3) is 0 Å². The molecule has 0 spiro atoms. The summed E-state index contributed by atoms with van der Waals surface area (Å²) in [5.41, 5.74) is 1.10. The Kier molecular flexibility index (Phi) is 2.39. The molecule has 1 aromatic rings. The monoisotopic (exact) mass is 204 g/mol. The lowest BCUT2D eigenvalue weighted by Gasteiger charge is -2.19. The molecule has 0 fully saturated rings. The van der Waals surface area contributed by atoms with Crippen molar-refractivity contribution in [2.24, 2.45) is 10.5 Å². The van der Waals surface area contributed by atoms with Gasteiger partial charge in [0.1, 0.15) is 0 Å². The van der Waals surface area contributed by atoms with E-state index in [9.17, 15) is 0 Å². The topological polar surface area (TPSA) is 24.8 Å². The Morgan fingerprint density at radius 2 is 1.93 bits per heavy atom. The van der Waals surface area contributed by atoms with Gasteiger partial charge in [-0.1, -0.05) is 18.2 Å². The van der Waals surface area contributed by atoms with Crippen molar-refractivity contribution in [1.29, 1.82) is 0 Å². The van der Waals surface area contributed by atoms with Crippen LogP contribution in [0.5, 0.6) is 0 Å². The van der Waals surface area contributed by atoms with Crippen LogP contribution >= 0.6 is 0 Å². The summed E-state index contributed by atoms with van der Waals surface area (Å²) < 4.78 is 5.29. The van der Waals surface area contributed by atoms with Crippen LogP contribution in [0.15, 0.2) is 35.4 Å². The minimum atomic E-state index is -0.00933. The first-order valence-electron chi connectivity index (χ1n) is 5.09. The molecule has 0 aromatic heterocycles. The van der Waals surface area contributed by atoms with E-state index in [1.807, 2.05) is 23.2 Å². The summed E-state index contributed by atoms with van der Waals surface area (Å²) in [5, 5.41) is 6.44. The fourth-order valence-electron chi connectivity index (χ4n) is 1.79. The van der Waals surface area contributed by atoms with Crippen LogP contribution in [-0.2, 0) is 4.74 Å². The predicted octanol–water partition coefficient (Wildman–Crippen LogP) is 2.49. The maximum absolute atomic E-state index is 5.29. The maximum Gasteiger partial charge on any atom is 0.213 e. The number of nitrogens with zero attached hydrogens (tertiary/aromatic N) is 2. The molecule has 80 valence electrons. The largest absolute Gasteiger partial charge is 0.483 e. The quantitative estimate of drug-likeness (QED) is 0.702. The van der Waals surface area contributed by atoms with Crippen molar-refractivity contribution in [2.45, 2.75) is 13.8 Å². The number of hydrogen-bond acceptors (Lipinski definition) is 3. The van der Waals surface area contributed by atoms with Gasteiger partial charge < -0.3 is 4.74 Å². The van der Waals surface area contributed by atoms with E-state index < -0.39 is 0 Å². The van der Waals surface area contributed by atoms with Crippen LogP contribution in [0.3, 0.4) is 0 Å². The SMILES string of the molecule is COC1=NN(c2ccccc2)CC1(C)C. The second-order valence-corrected chi connectivity index (χ2v) is 4.39. The summed E-state index contributed by atoms with van der Waals surface area (Å²) >= 11 is 0. The van der Waals surface area contributed by atoms with Crippen molar-refractivity contribution in [3.8, 4) is 0 Å². The van der Waals surface area contributed by atoms with E-state index in [1.54, 1.807) is 7.11 Å². The molecule has 1 heterocycles. The number of methoxy groups -OCH3 is 1. The van der Waals surface area contributed by atoms with Crippen LogP contribution in [0.1, 0.15) is 13.8 Å². The van der Waals surface area contributed by atoms with Crippen molar-refractivity contribution in [2.75, 3.05) is 18.7 Å². The number of para-hydroxylation sites is 1. The molecule has 0 aliphatic carbocycles. The average molecular weight is 204 g/mol. The summed E-state index contributed by atoms with van der Waals surface area (Å²) in [6, 6.07) is 10.1. The molecule has 0 unspecified atom stereocenters. The van der Waals surface area contributed by atoms with Gasteiger partial charge in [0.05, 0.1) is 24.8 Å². The zero-order chi connectivity index (χ0) is 10.9. The molecular weight excluding hydrogens is 188 g/mol. The first-order chi connectivity index (χ1) is 7.13. The van der Waals surface area contributed by atoms with E-state index >= 15 is 0 Å². The molecule has 0 amide bonds. The van der Waals surface area contributed by atoms with Crippen LogP contribution in [0.25, 0.3) is 0 Å². The van der Waals surface area contributed by atoms with E-state index in [-0.39, 0.29) is 5.41 Å². The lowest BCUT2D eigenvalue weighted by Crippen LogP contribution is -2.28. The average Bonchev–Trinajstić information content (AvgIpc) is 2.55. The van der Waals surface area contributed by atoms with Gasteiger partial charge in [-0.3, -0.25) is 5.01 Å². The van der Waals surface area contributed by atoms with Crippen LogP contribution in [0, 0.1) is 5.41 Å². The molecule has 0 N–H and O–H groups in total. The molecule has 0 radical (unpaired) electrons. The maximum atomic E-state index is 5.29. The molecule has 0 atom stereocenters. The summed E-state index contributed by atoms with van der Waals surface area (Å²) in [6.07, 6.45) is 0. The predicted molar refractivity (Wildman–Crippen MR) is 62.0 cm³/mol. The van der Waals surface area contributed by atoms with Crippen LogP contribution in [0.2, 0.25) is 0 Å². The number of rotatable bonds is 1. The van der Waals surface area contributed by atoms with Crippen LogP contribution in [0.4, 0.5) is 5.69 Å². The Morgan fingerprint density at radius 3 is 2.47 bits per heavy atom. The summed E-state index contributed by atoms with van der Waals surface area (Å²) in [6.45, 7) is 5.14. The van der Waals surface area contributed by atoms with Gasteiger partial charge >= 0.3 is 0 Å². The Labute approximate surface area is 90.4 Å². The third-order valence-electron chi connectivity index (χ3n) is 2.58. The molecule has 0 bridgehead atoms. The molecule has 0 saturated carbocycles. The lowest BCUT2D eigenvalue weighted by atomic mass is 9.94. The zero-order valence-electron chi connectivity index (χ0n) is 9.40. The van der Waals surface area contributed by atoms with Gasteiger partial charge in [0.15, 0.2) is 0 Å². The highest BCUT2D eigenvalue weighted by atomic mass is 16.5. The van der Waals surface area contributed by atoms with E-state index in [1.165, 1.54) is 0 Å². The highest BCUT2D eigenvalue weighted by Crippen LogP contribution is 2.30. The number of benzene rings is 1. The third kappa shape index (κ3) is 1.82. The van der Waals surface area contributed by atoms with E-state index in [4.69, 9.17) is 4.74 Å². The summed E-state index contributed by atoms with van der Waals surface area (Å²) in [5.74, 6) is 0.798. The standard InChI is InChI=1S/C12H16N2O/c1-12(2)9-14(13-11(12)15-3)10-7-5-4-6-8-10/h4-8H,9H2,1-3H3. The highest BCUT2D eigenvalue weighted by Gasteiger charge is 2.35. The van der Waals surface area contributed by atoms with Crippen LogP contribution in [-0.4, -0.2) is 19.6 Å². The van der Waals surface area contributed by atoms with Crippen LogP contribution < -0.4 is 5.01 Å². The van der Waals surface area contributed by atoms with Crippen molar-refractivity contribution < 1.29 is 4.74 Å². The van der Waals surface area contributed by atoms with Gasteiger partial charge in [-0.2, -0.15) is 0 Å². The second-order valence-electron chi connectivity index (χ2n) is 4.39. The molecule has 1 aromatic carbocycles. The Morgan fingerprint density at radius 1 is 1.27 bits per heavy atom. The zero-order valence-corrected chi connectivity index (χ0v) is 9.40. The molecule has 3 nitrogen and oxygen atoms in total. The fourth-order valence-corrected chi connectivity index (χ4v) is 1.79. The van der Waals surface area contributed by atoms with Gasteiger partial charge in [-0.25, -0.2) is 0 Å². The minimum Gasteiger partial charge on any atom is -0.483 e. The van der Waals surface area contributed by atoms with Gasteiger partial charge in [-0.05, 0) is 26.0 Å². The second kappa shape index (κ2) is 3.57. The number of hydrogen-bond donors (Lipinski definition) is 0. The van der Waals surface area contributed by atoms with Crippen molar-refractivity contribution >= 4 is 11.6 Å². The number of ether oxygens (including phenoxy) is 1. The van der Waals surface area contributed by atoms with E-state index in [0.29, 0.717) is 0 Å². The Hall–Kier alpha value is -1.51. The molecule has 15 heavy (non-hydrogen) atoms. The van der Waals surface area contributed by atoms with Crippen molar-refractivity contribution in [1.82, 2.24) is 0 Å². The lowest BCUT2D eigenvalue weighted by molar-refractivity contribution is 0.343. The Balaban J connectivity index is 2.26.